The van der Waals surface area contributed by atoms with Gasteiger partial charge in [0, 0.05) is 11.1 Å². The number of nitrogens with zero attached hydrogens (tertiary/aromatic N) is 2. The van der Waals surface area contributed by atoms with Crippen LogP contribution >= 0.6 is 11.3 Å². The lowest BCUT2D eigenvalue weighted by atomic mass is 10.1. The van der Waals surface area contributed by atoms with Gasteiger partial charge < -0.3 is 5.32 Å². The van der Waals surface area contributed by atoms with Gasteiger partial charge >= 0.3 is 0 Å². The molecule has 0 aliphatic heterocycles. The summed E-state index contributed by atoms with van der Waals surface area (Å²) in [4.78, 5) is 16.3. The van der Waals surface area contributed by atoms with Crippen LogP contribution in [0.1, 0.15) is 21.8 Å². The highest BCUT2D eigenvalue weighted by atomic mass is 32.1. The first kappa shape index (κ1) is 14.9. The summed E-state index contributed by atoms with van der Waals surface area (Å²) in [6.45, 7) is 5.86. The average Bonchev–Trinajstić information content (AvgIpc) is 2.85. The molecule has 2 aromatic rings. The van der Waals surface area contributed by atoms with E-state index >= 15 is 0 Å². The number of benzene rings is 1. The van der Waals surface area contributed by atoms with Gasteiger partial charge in [0.2, 0.25) is 0 Å². The molecule has 0 aliphatic rings. The third kappa shape index (κ3) is 3.77. The van der Waals surface area contributed by atoms with Gasteiger partial charge in [-0.05, 0) is 50.1 Å². The molecule has 5 heteroatoms. The van der Waals surface area contributed by atoms with Gasteiger partial charge in [-0.1, -0.05) is 6.07 Å². The predicted octanol–water partition coefficient (Wildman–Crippen LogP) is 3.61. The molecular weight excluding hydrogens is 282 g/mol. The van der Waals surface area contributed by atoms with E-state index in [0.717, 1.165) is 16.1 Å². The first-order chi connectivity index (χ1) is 9.99. The van der Waals surface area contributed by atoms with Crippen molar-refractivity contribution in [1.29, 1.82) is 5.26 Å². The Bertz CT molecular complexity index is 753. The summed E-state index contributed by atoms with van der Waals surface area (Å²) in [5.74, 6) is -0.425. The van der Waals surface area contributed by atoms with Crippen molar-refractivity contribution in [2.75, 3.05) is 5.32 Å². The molecule has 0 unspecified atom stereocenters. The molecule has 0 aliphatic carbocycles. The van der Waals surface area contributed by atoms with Crippen molar-refractivity contribution in [2.24, 2.45) is 0 Å². The number of rotatable bonds is 3. The third-order valence-corrected chi connectivity index (χ3v) is 3.85. The number of thiazole rings is 1. The summed E-state index contributed by atoms with van der Waals surface area (Å²) >= 11 is 1.48. The molecule has 21 heavy (non-hydrogen) atoms. The van der Waals surface area contributed by atoms with Gasteiger partial charge in [0.1, 0.15) is 11.6 Å². The molecule has 1 aromatic heterocycles. The summed E-state index contributed by atoms with van der Waals surface area (Å²) in [5.41, 5.74) is 3.59. The molecule has 0 radical (unpaired) electrons. The second-order valence-corrected chi connectivity index (χ2v) is 5.78. The molecule has 1 amide bonds. The van der Waals surface area contributed by atoms with E-state index < -0.39 is 5.91 Å². The van der Waals surface area contributed by atoms with Crippen molar-refractivity contribution in [3.63, 3.8) is 0 Å². The molecule has 0 saturated heterocycles. The number of carbonyl (C=O) groups is 1. The Kier molecular flexibility index (Phi) is 4.51. The topological polar surface area (TPSA) is 65.8 Å². The Morgan fingerprint density at radius 1 is 1.33 bits per heavy atom. The lowest BCUT2D eigenvalue weighted by molar-refractivity contribution is -0.112. The number of amides is 1. The van der Waals surface area contributed by atoms with Crippen molar-refractivity contribution in [3.05, 3.63) is 51.0 Å². The van der Waals surface area contributed by atoms with Crippen LogP contribution in [0.3, 0.4) is 0 Å². The van der Waals surface area contributed by atoms with E-state index in [4.69, 9.17) is 5.26 Å². The van der Waals surface area contributed by atoms with Crippen molar-refractivity contribution in [2.45, 2.75) is 20.8 Å². The lowest BCUT2D eigenvalue weighted by Crippen LogP contribution is -2.13. The van der Waals surface area contributed by atoms with Gasteiger partial charge in [-0.2, -0.15) is 5.26 Å². The van der Waals surface area contributed by atoms with Crippen LogP contribution in [0.25, 0.3) is 6.08 Å². The Labute approximate surface area is 127 Å². The fourth-order valence-corrected chi connectivity index (χ4v) is 2.33. The van der Waals surface area contributed by atoms with Crippen LogP contribution in [-0.4, -0.2) is 10.9 Å². The molecule has 1 heterocycles. The van der Waals surface area contributed by atoms with Gasteiger partial charge in [0.05, 0.1) is 10.7 Å². The number of anilines is 1. The highest BCUT2D eigenvalue weighted by Gasteiger charge is 2.10. The van der Waals surface area contributed by atoms with Crippen LogP contribution in [-0.2, 0) is 4.79 Å². The molecular formula is C16H15N3OS. The van der Waals surface area contributed by atoms with Crippen molar-refractivity contribution < 1.29 is 4.79 Å². The molecule has 1 aromatic carbocycles. The monoisotopic (exact) mass is 297 g/mol. The Morgan fingerprint density at radius 3 is 2.67 bits per heavy atom. The Hall–Kier alpha value is -2.45. The molecule has 106 valence electrons. The molecule has 0 fully saturated rings. The molecule has 0 spiro atoms. The number of nitrogens with one attached hydrogen (secondary N) is 1. The van der Waals surface area contributed by atoms with Crippen LogP contribution in [0, 0.1) is 32.1 Å². The van der Waals surface area contributed by atoms with Gasteiger partial charge in [0.15, 0.2) is 0 Å². The van der Waals surface area contributed by atoms with Gasteiger partial charge in [-0.25, -0.2) is 4.98 Å². The largest absolute Gasteiger partial charge is 0.321 e. The maximum Gasteiger partial charge on any atom is 0.266 e. The van der Waals surface area contributed by atoms with E-state index in [1.54, 1.807) is 0 Å². The maximum absolute atomic E-state index is 12.1. The van der Waals surface area contributed by atoms with E-state index in [1.165, 1.54) is 17.4 Å². The molecule has 0 bridgehead atoms. The fraction of sp³-hybridized carbons (Fsp3) is 0.188. The summed E-state index contributed by atoms with van der Waals surface area (Å²) < 4.78 is 0. The molecule has 1 N–H and O–H groups in total. The van der Waals surface area contributed by atoms with Crippen molar-refractivity contribution >= 4 is 29.0 Å². The van der Waals surface area contributed by atoms with Crippen LogP contribution in [0.5, 0.6) is 0 Å². The Morgan fingerprint density at radius 2 is 2.10 bits per heavy atom. The van der Waals surface area contributed by atoms with Gasteiger partial charge in [-0.3, -0.25) is 4.79 Å². The van der Waals surface area contributed by atoms with Crippen LogP contribution in [0.2, 0.25) is 0 Å². The summed E-state index contributed by atoms with van der Waals surface area (Å²) in [6, 6.07) is 7.56. The second-order valence-electron chi connectivity index (χ2n) is 4.71. The van der Waals surface area contributed by atoms with Crippen molar-refractivity contribution in [3.8, 4) is 6.07 Å². The van der Waals surface area contributed by atoms with E-state index in [2.05, 4.69) is 10.3 Å². The molecule has 2 rings (SSSR count). The third-order valence-electron chi connectivity index (χ3n) is 3.06. The van der Waals surface area contributed by atoms with Gasteiger partial charge in [0.25, 0.3) is 5.91 Å². The first-order valence-electron chi connectivity index (χ1n) is 6.42. The Balaban J connectivity index is 2.19. The number of nitriles is 1. The van der Waals surface area contributed by atoms with Crippen LogP contribution < -0.4 is 5.32 Å². The van der Waals surface area contributed by atoms with E-state index in [9.17, 15) is 4.79 Å². The summed E-state index contributed by atoms with van der Waals surface area (Å²) in [5, 5.41) is 14.6. The summed E-state index contributed by atoms with van der Waals surface area (Å²) in [6.07, 6.45) is 1.50. The number of carbonyl (C=O) groups excluding carboxylic acids is 1. The van der Waals surface area contributed by atoms with Crippen molar-refractivity contribution in [1.82, 2.24) is 4.98 Å². The zero-order valence-electron chi connectivity index (χ0n) is 12.1. The number of aryl methyl sites for hydroxylation is 3. The number of hydrogen-bond acceptors (Lipinski definition) is 4. The molecule has 0 saturated carbocycles. The van der Waals surface area contributed by atoms with Crippen LogP contribution in [0.4, 0.5) is 5.69 Å². The highest BCUT2D eigenvalue weighted by molar-refractivity contribution is 7.09. The maximum atomic E-state index is 12.1. The summed E-state index contributed by atoms with van der Waals surface area (Å²) in [7, 11) is 0. The minimum atomic E-state index is -0.425. The zero-order chi connectivity index (χ0) is 15.4. The lowest BCUT2D eigenvalue weighted by Gasteiger charge is -2.06. The minimum Gasteiger partial charge on any atom is -0.321 e. The molecule has 4 nitrogen and oxygen atoms in total. The smallest absolute Gasteiger partial charge is 0.266 e. The van der Waals surface area contributed by atoms with E-state index in [0.29, 0.717) is 11.4 Å². The number of aromatic nitrogens is 1. The normalized spacial score (nSPS) is 11.0. The van der Waals surface area contributed by atoms with E-state index in [1.807, 2.05) is 50.4 Å². The first-order valence-corrected chi connectivity index (χ1v) is 7.30. The minimum absolute atomic E-state index is 0.0403. The van der Waals surface area contributed by atoms with Gasteiger partial charge in [-0.15, -0.1) is 11.3 Å². The van der Waals surface area contributed by atoms with E-state index in [-0.39, 0.29) is 5.57 Å². The number of hydrogen-bond donors (Lipinski definition) is 1. The zero-order valence-corrected chi connectivity index (χ0v) is 12.9. The highest BCUT2D eigenvalue weighted by Crippen LogP contribution is 2.16. The van der Waals surface area contributed by atoms with Crippen LogP contribution in [0.15, 0.2) is 29.2 Å². The SMILES string of the molecule is Cc1nc(/C=C(\C#N)C(=O)Nc2ccc(C)c(C)c2)cs1. The second kappa shape index (κ2) is 6.33. The standard InChI is InChI=1S/C16H15N3OS/c1-10-4-5-14(6-11(10)2)19-16(20)13(8-17)7-15-9-21-12(3)18-15/h4-7,9H,1-3H3,(H,19,20)/b13-7+. The quantitative estimate of drug-likeness (QED) is 0.695. The fourth-order valence-electron chi connectivity index (χ4n) is 1.76. The molecule has 0 atom stereocenters. The predicted molar refractivity (Wildman–Crippen MR) is 85.0 cm³/mol. The average molecular weight is 297 g/mol.